The van der Waals surface area contributed by atoms with Gasteiger partial charge in [0, 0.05) is 29.6 Å². The maximum absolute atomic E-state index is 14.5. The van der Waals surface area contributed by atoms with Crippen molar-refractivity contribution in [3.63, 3.8) is 0 Å². The van der Waals surface area contributed by atoms with Crippen molar-refractivity contribution in [3.8, 4) is 11.1 Å². The Kier molecular flexibility index (Phi) is 4.19. The van der Waals surface area contributed by atoms with Crippen LogP contribution in [0.1, 0.15) is 24.9 Å². The summed E-state index contributed by atoms with van der Waals surface area (Å²) in [4.78, 5) is 3.99. The van der Waals surface area contributed by atoms with E-state index in [1.54, 1.807) is 30.9 Å². The van der Waals surface area contributed by atoms with Crippen molar-refractivity contribution in [3.05, 3.63) is 78.1 Å². The van der Waals surface area contributed by atoms with Crippen LogP contribution in [0, 0.1) is 17.5 Å². The number of benzene rings is 2. The van der Waals surface area contributed by atoms with Gasteiger partial charge in [-0.15, -0.1) is 0 Å². The minimum absolute atomic E-state index is 0.174. The number of hydrogen-bond acceptors (Lipinski definition) is 1. The molecule has 1 aromatic heterocycles. The Morgan fingerprint density at radius 3 is 2.48 bits per heavy atom. The Bertz CT molecular complexity index is 813. The van der Waals surface area contributed by atoms with Crippen molar-refractivity contribution in [1.29, 1.82) is 0 Å². The SMILES string of the molecule is CCC(c1ccc(-c2ccc(F)cc2F)cc1F)n1ccnc1. The fraction of sp³-hybridized carbons (Fsp3) is 0.167. The molecule has 0 aliphatic heterocycles. The van der Waals surface area contributed by atoms with E-state index in [4.69, 9.17) is 0 Å². The molecule has 0 N–H and O–H groups in total. The quantitative estimate of drug-likeness (QED) is 0.665. The number of imidazole rings is 1. The lowest BCUT2D eigenvalue weighted by Crippen LogP contribution is -2.09. The molecule has 5 heteroatoms. The summed E-state index contributed by atoms with van der Waals surface area (Å²) in [6.45, 7) is 1.96. The molecule has 0 fully saturated rings. The van der Waals surface area contributed by atoms with Gasteiger partial charge < -0.3 is 4.57 Å². The maximum atomic E-state index is 14.5. The third kappa shape index (κ3) is 2.99. The second kappa shape index (κ2) is 6.28. The third-order valence-corrected chi connectivity index (χ3v) is 3.87. The lowest BCUT2D eigenvalue weighted by molar-refractivity contribution is 0.519. The zero-order valence-corrected chi connectivity index (χ0v) is 12.5. The van der Waals surface area contributed by atoms with Crippen molar-refractivity contribution in [2.75, 3.05) is 0 Å². The summed E-state index contributed by atoms with van der Waals surface area (Å²) >= 11 is 0. The number of aromatic nitrogens is 2. The van der Waals surface area contributed by atoms with Gasteiger partial charge in [-0.25, -0.2) is 18.2 Å². The molecule has 2 nitrogen and oxygen atoms in total. The second-order valence-corrected chi connectivity index (χ2v) is 5.29. The number of rotatable bonds is 4. The van der Waals surface area contributed by atoms with Gasteiger partial charge in [-0.3, -0.25) is 0 Å². The molecule has 0 radical (unpaired) electrons. The summed E-state index contributed by atoms with van der Waals surface area (Å²) in [5, 5.41) is 0. The van der Waals surface area contributed by atoms with Crippen LogP contribution in [0.5, 0.6) is 0 Å². The van der Waals surface area contributed by atoms with E-state index in [-0.39, 0.29) is 11.6 Å². The van der Waals surface area contributed by atoms with Crippen LogP contribution in [0.4, 0.5) is 13.2 Å². The van der Waals surface area contributed by atoms with E-state index in [9.17, 15) is 13.2 Å². The highest BCUT2D eigenvalue weighted by atomic mass is 19.1. The molecule has 1 heterocycles. The summed E-state index contributed by atoms with van der Waals surface area (Å²) in [5.74, 6) is -1.79. The van der Waals surface area contributed by atoms with Gasteiger partial charge in [-0.1, -0.05) is 19.1 Å². The first-order valence-corrected chi connectivity index (χ1v) is 7.32. The van der Waals surface area contributed by atoms with E-state index in [2.05, 4.69) is 4.98 Å². The van der Waals surface area contributed by atoms with Gasteiger partial charge in [0.2, 0.25) is 0 Å². The van der Waals surface area contributed by atoms with Crippen molar-refractivity contribution >= 4 is 0 Å². The molecule has 0 spiro atoms. The molecule has 1 atom stereocenters. The van der Waals surface area contributed by atoms with Gasteiger partial charge >= 0.3 is 0 Å². The molecule has 0 saturated carbocycles. The molecular weight excluding hydrogens is 301 g/mol. The lowest BCUT2D eigenvalue weighted by atomic mass is 9.98. The highest BCUT2D eigenvalue weighted by Gasteiger charge is 2.17. The Labute approximate surface area is 132 Å². The van der Waals surface area contributed by atoms with E-state index in [0.29, 0.717) is 17.5 Å². The average Bonchev–Trinajstić information content (AvgIpc) is 3.04. The minimum Gasteiger partial charge on any atom is -0.330 e. The number of nitrogens with zero attached hydrogens (tertiary/aromatic N) is 2. The van der Waals surface area contributed by atoms with Crippen molar-refractivity contribution in [1.82, 2.24) is 9.55 Å². The van der Waals surface area contributed by atoms with Crippen molar-refractivity contribution in [2.45, 2.75) is 19.4 Å². The second-order valence-electron chi connectivity index (χ2n) is 5.29. The van der Waals surface area contributed by atoms with Crippen LogP contribution < -0.4 is 0 Å². The molecule has 2 aromatic carbocycles. The van der Waals surface area contributed by atoms with Gasteiger partial charge in [0.25, 0.3) is 0 Å². The molecule has 1 unspecified atom stereocenters. The highest BCUT2D eigenvalue weighted by molar-refractivity contribution is 5.64. The van der Waals surface area contributed by atoms with Crippen LogP contribution in [0.2, 0.25) is 0 Å². The zero-order chi connectivity index (χ0) is 16.4. The molecule has 0 bridgehead atoms. The van der Waals surface area contributed by atoms with Gasteiger partial charge in [0.15, 0.2) is 0 Å². The first-order valence-electron chi connectivity index (χ1n) is 7.32. The molecule has 118 valence electrons. The zero-order valence-electron chi connectivity index (χ0n) is 12.5. The molecule has 23 heavy (non-hydrogen) atoms. The standard InChI is InChI=1S/C18H15F3N2/c1-2-18(23-8-7-22-11-23)15-5-3-12(9-16(15)20)14-6-4-13(19)10-17(14)21/h3-11,18H,2H2,1H3. The van der Waals surface area contributed by atoms with E-state index in [0.717, 1.165) is 12.1 Å². The Morgan fingerprint density at radius 1 is 1.04 bits per heavy atom. The maximum Gasteiger partial charge on any atom is 0.133 e. The molecule has 3 aromatic rings. The molecule has 0 aliphatic rings. The van der Waals surface area contributed by atoms with Crippen LogP contribution in [-0.2, 0) is 0 Å². The largest absolute Gasteiger partial charge is 0.330 e. The topological polar surface area (TPSA) is 17.8 Å². The summed E-state index contributed by atoms with van der Waals surface area (Å²) < 4.78 is 43.2. The fourth-order valence-corrected chi connectivity index (χ4v) is 2.73. The summed E-state index contributed by atoms with van der Waals surface area (Å²) in [7, 11) is 0. The molecular formula is C18H15F3N2. The lowest BCUT2D eigenvalue weighted by Gasteiger charge is -2.18. The van der Waals surface area contributed by atoms with Crippen molar-refractivity contribution in [2.24, 2.45) is 0 Å². The minimum atomic E-state index is -0.709. The predicted octanol–water partition coefficient (Wildman–Crippen LogP) is 4.97. The highest BCUT2D eigenvalue weighted by Crippen LogP contribution is 2.30. The van der Waals surface area contributed by atoms with Crippen LogP contribution in [-0.4, -0.2) is 9.55 Å². The van der Waals surface area contributed by atoms with Crippen molar-refractivity contribution < 1.29 is 13.2 Å². The molecule has 3 rings (SSSR count). The molecule has 0 amide bonds. The summed E-state index contributed by atoms with van der Waals surface area (Å²) in [6.07, 6.45) is 5.75. The fourth-order valence-electron chi connectivity index (χ4n) is 2.73. The van der Waals surface area contributed by atoms with E-state index < -0.39 is 17.5 Å². The number of hydrogen-bond donors (Lipinski definition) is 0. The van der Waals surface area contributed by atoms with Gasteiger partial charge in [0.1, 0.15) is 17.5 Å². The average molecular weight is 316 g/mol. The normalized spacial score (nSPS) is 12.3. The van der Waals surface area contributed by atoms with Crippen LogP contribution in [0.15, 0.2) is 55.1 Å². The van der Waals surface area contributed by atoms with Gasteiger partial charge in [-0.2, -0.15) is 0 Å². The first-order chi connectivity index (χ1) is 11.1. The monoisotopic (exact) mass is 316 g/mol. The van der Waals surface area contributed by atoms with Crippen LogP contribution in [0.3, 0.4) is 0 Å². The van der Waals surface area contributed by atoms with E-state index >= 15 is 0 Å². The third-order valence-electron chi connectivity index (χ3n) is 3.87. The van der Waals surface area contributed by atoms with E-state index in [1.807, 2.05) is 11.5 Å². The Balaban J connectivity index is 2.00. The Morgan fingerprint density at radius 2 is 1.87 bits per heavy atom. The van der Waals surface area contributed by atoms with E-state index in [1.165, 1.54) is 12.1 Å². The Hall–Kier alpha value is -2.56. The smallest absolute Gasteiger partial charge is 0.133 e. The first kappa shape index (κ1) is 15.3. The summed E-state index contributed by atoms with van der Waals surface area (Å²) in [6, 6.07) is 7.66. The van der Waals surface area contributed by atoms with Gasteiger partial charge in [-0.05, 0) is 30.2 Å². The predicted molar refractivity (Wildman–Crippen MR) is 82.4 cm³/mol. The van der Waals surface area contributed by atoms with Gasteiger partial charge in [0.05, 0.1) is 12.4 Å². The van der Waals surface area contributed by atoms with Crippen LogP contribution >= 0.6 is 0 Å². The van der Waals surface area contributed by atoms with Crippen LogP contribution in [0.25, 0.3) is 11.1 Å². The number of halogens is 3. The molecule has 0 saturated heterocycles. The summed E-state index contributed by atoms with van der Waals surface area (Å²) in [5.41, 5.74) is 1.06. The molecule has 0 aliphatic carbocycles.